The SMILES string of the molecule is O=C(O)Cc1ccc(NC(=O)CC(c2ccccc2)c2ccccc2)cc1. The first-order valence-corrected chi connectivity index (χ1v) is 8.82. The van der Waals surface area contributed by atoms with E-state index < -0.39 is 5.97 Å². The molecule has 3 aromatic rings. The van der Waals surface area contributed by atoms with Crippen LogP contribution in [-0.2, 0) is 16.0 Å². The average Bonchev–Trinajstić information content (AvgIpc) is 2.69. The lowest BCUT2D eigenvalue weighted by Crippen LogP contribution is -2.16. The van der Waals surface area contributed by atoms with Crippen molar-refractivity contribution < 1.29 is 14.7 Å². The van der Waals surface area contributed by atoms with Gasteiger partial charge in [0, 0.05) is 18.0 Å². The second kappa shape index (κ2) is 8.81. The van der Waals surface area contributed by atoms with E-state index in [9.17, 15) is 9.59 Å². The summed E-state index contributed by atoms with van der Waals surface area (Å²) in [4.78, 5) is 23.4. The number of carboxylic acid groups (broad SMARTS) is 1. The van der Waals surface area contributed by atoms with Gasteiger partial charge in [-0.2, -0.15) is 0 Å². The van der Waals surface area contributed by atoms with Gasteiger partial charge in [0.2, 0.25) is 5.91 Å². The Bertz CT molecular complexity index is 850. The van der Waals surface area contributed by atoms with Gasteiger partial charge in [-0.1, -0.05) is 72.8 Å². The molecule has 3 aromatic carbocycles. The van der Waals surface area contributed by atoms with Crippen molar-refractivity contribution >= 4 is 17.6 Å². The third-order valence-electron chi connectivity index (χ3n) is 4.39. The molecule has 0 atom stereocenters. The van der Waals surface area contributed by atoms with E-state index in [-0.39, 0.29) is 18.2 Å². The van der Waals surface area contributed by atoms with Gasteiger partial charge in [0.15, 0.2) is 0 Å². The monoisotopic (exact) mass is 359 g/mol. The van der Waals surface area contributed by atoms with Crippen molar-refractivity contribution in [1.82, 2.24) is 0 Å². The zero-order chi connectivity index (χ0) is 19.1. The largest absolute Gasteiger partial charge is 0.481 e. The molecular formula is C23H21NO3. The first-order valence-electron chi connectivity index (χ1n) is 8.82. The smallest absolute Gasteiger partial charge is 0.307 e. The van der Waals surface area contributed by atoms with Gasteiger partial charge in [0.25, 0.3) is 0 Å². The Balaban J connectivity index is 1.72. The van der Waals surface area contributed by atoms with Gasteiger partial charge >= 0.3 is 5.97 Å². The molecule has 1 amide bonds. The van der Waals surface area contributed by atoms with Crippen molar-refractivity contribution in [3.05, 3.63) is 102 Å². The summed E-state index contributed by atoms with van der Waals surface area (Å²) >= 11 is 0. The zero-order valence-corrected chi connectivity index (χ0v) is 14.8. The van der Waals surface area contributed by atoms with Crippen LogP contribution in [0.5, 0.6) is 0 Å². The maximum absolute atomic E-state index is 12.6. The number of rotatable bonds is 7. The summed E-state index contributed by atoms with van der Waals surface area (Å²) in [5, 5.41) is 11.7. The summed E-state index contributed by atoms with van der Waals surface area (Å²) < 4.78 is 0. The van der Waals surface area contributed by atoms with Crippen LogP contribution in [0.15, 0.2) is 84.9 Å². The van der Waals surface area contributed by atoms with Crippen LogP contribution in [0.1, 0.15) is 29.0 Å². The quantitative estimate of drug-likeness (QED) is 0.654. The number of hydrogen-bond acceptors (Lipinski definition) is 2. The van der Waals surface area contributed by atoms with Crippen LogP contribution in [0.25, 0.3) is 0 Å². The molecule has 0 aliphatic carbocycles. The van der Waals surface area contributed by atoms with E-state index in [0.717, 1.165) is 11.1 Å². The lowest BCUT2D eigenvalue weighted by molar-refractivity contribution is -0.136. The molecule has 0 radical (unpaired) electrons. The summed E-state index contributed by atoms with van der Waals surface area (Å²) in [6, 6.07) is 26.9. The molecule has 4 heteroatoms. The van der Waals surface area contributed by atoms with Gasteiger partial charge in [-0.3, -0.25) is 9.59 Å². The number of nitrogens with one attached hydrogen (secondary N) is 1. The number of anilines is 1. The molecule has 0 heterocycles. The number of carbonyl (C=O) groups is 2. The van der Waals surface area contributed by atoms with Gasteiger partial charge in [-0.05, 0) is 28.8 Å². The van der Waals surface area contributed by atoms with E-state index in [1.807, 2.05) is 60.7 Å². The number of hydrogen-bond donors (Lipinski definition) is 2. The van der Waals surface area contributed by atoms with Gasteiger partial charge in [0.1, 0.15) is 0 Å². The molecule has 0 aromatic heterocycles. The third kappa shape index (κ3) is 5.28. The van der Waals surface area contributed by atoms with Crippen molar-refractivity contribution in [3.63, 3.8) is 0 Å². The van der Waals surface area contributed by atoms with Crippen molar-refractivity contribution in [2.45, 2.75) is 18.8 Å². The minimum Gasteiger partial charge on any atom is -0.481 e. The van der Waals surface area contributed by atoms with Crippen LogP contribution >= 0.6 is 0 Å². The lowest BCUT2D eigenvalue weighted by atomic mass is 9.88. The summed E-state index contributed by atoms with van der Waals surface area (Å²) in [5.41, 5.74) is 3.55. The Labute approximate surface area is 158 Å². The molecule has 4 nitrogen and oxygen atoms in total. The Kier molecular flexibility index (Phi) is 6.00. The fourth-order valence-electron chi connectivity index (χ4n) is 3.08. The molecule has 0 aliphatic heterocycles. The van der Waals surface area contributed by atoms with Crippen LogP contribution in [0.4, 0.5) is 5.69 Å². The van der Waals surface area contributed by atoms with Gasteiger partial charge in [0.05, 0.1) is 6.42 Å². The highest BCUT2D eigenvalue weighted by Crippen LogP contribution is 2.28. The summed E-state index contributed by atoms with van der Waals surface area (Å²) in [6.45, 7) is 0. The van der Waals surface area contributed by atoms with Gasteiger partial charge in [-0.25, -0.2) is 0 Å². The minimum absolute atomic E-state index is 0.0290. The predicted octanol–water partition coefficient (Wildman–Crippen LogP) is 4.47. The fourth-order valence-corrected chi connectivity index (χ4v) is 3.08. The van der Waals surface area contributed by atoms with Crippen LogP contribution in [0.2, 0.25) is 0 Å². The number of benzene rings is 3. The molecule has 0 fully saturated rings. The zero-order valence-electron chi connectivity index (χ0n) is 14.8. The Morgan fingerprint density at radius 3 is 1.78 bits per heavy atom. The molecular weight excluding hydrogens is 338 g/mol. The summed E-state index contributed by atoms with van der Waals surface area (Å²) in [7, 11) is 0. The first-order chi connectivity index (χ1) is 13.1. The van der Waals surface area contributed by atoms with E-state index in [1.165, 1.54) is 0 Å². The van der Waals surface area contributed by atoms with Crippen molar-refractivity contribution in [2.24, 2.45) is 0 Å². The number of amides is 1. The molecule has 0 saturated heterocycles. The van der Waals surface area contributed by atoms with Crippen molar-refractivity contribution in [3.8, 4) is 0 Å². The maximum atomic E-state index is 12.6. The Hall–Kier alpha value is -3.40. The molecule has 0 unspecified atom stereocenters. The lowest BCUT2D eigenvalue weighted by Gasteiger charge is -2.18. The van der Waals surface area contributed by atoms with Crippen molar-refractivity contribution in [1.29, 1.82) is 0 Å². The predicted molar refractivity (Wildman–Crippen MR) is 106 cm³/mol. The summed E-state index contributed by atoms with van der Waals surface area (Å²) in [6.07, 6.45) is 0.295. The fraction of sp³-hybridized carbons (Fsp3) is 0.130. The molecule has 0 aliphatic rings. The van der Waals surface area contributed by atoms with Crippen LogP contribution in [0.3, 0.4) is 0 Å². The Morgan fingerprint density at radius 1 is 0.778 bits per heavy atom. The highest BCUT2D eigenvalue weighted by atomic mass is 16.4. The highest BCUT2D eigenvalue weighted by Gasteiger charge is 2.18. The maximum Gasteiger partial charge on any atom is 0.307 e. The van der Waals surface area contributed by atoms with E-state index >= 15 is 0 Å². The highest BCUT2D eigenvalue weighted by molar-refractivity contribution is 5.91. The molecule has 27 heavy (non-hydrogen) atoms. The van der Waals surface area contributed by atoms with E-state index in [0.29, 0.717) is 17.7 Å². The normalized spacial score (nSPS) is 10.6. The summed E-state index contributed by atoms with van der Waals surface area (Å²) in [5.74, 6) is -0.988. The molecule has 2 N–H and O–H groups in total. The Morgan fingerprint density at radius 2 is 1.30 bits per heavy atom. The molecule has 0 bridgehead atoms. The van der Waals surface area contributed by atoms with E-state index in [1.54, 1.807) is 24.3 Å². The molecule has 0 saturated carbocycles. The topological polar surface area (TPSA) is 66.4 Å². The van der Waals surface area contributed by atoms with Crippen LogP contribution in [0, 0.1) is 0 Å². The minimum atomic E-state index is -0.875. The van der Waals surface area contributed by atoms with E-state index in [4.69, 9.17) is 5.11 Å². The number of carboxylic acids is 1. The standard InChI is InChI=1S/C23H21NO3/c25-22(24-20-13-11-17(12-14-20)15-23(26)27)16-21(18-7-3-1-4-8-18)19-9-5-2-6-10-19/h1-14,21H,15-16H2,(H,24,25)(H,26,27). The van der Waals surface area contributed by atoms with Gasteiger partial charge in [-0.15, -0.1) is 0 Å². The van der Waals surface area contributed by atoms with E-state index in [2.05, 4.69) is 5.32 Å². The third-order valence-corrected chi connectivity index (χ3v) is 4.39. The molecule has 0 spiro atoms. The second-order valence-corrected chi connectivity index (χ2v) is 6.39. The molecule has 136 valence electrons. The van der Waals surface area contributed by atoms with Crippen LogP contribution in [-0.4, -0.2) is 17.0 Å². The van der Waals surface area contributed by atoms with Crippen LogP contribution < -0.4 is 5.32 Å². The molecule has 3 rings (SSSR count). The number of aliphatic carboxylic acids is 1. The average molecular weight is 359 g/mol. The first kappa shape index (κ1) is 18.4. The number of carbonyl (C=O) groups excluding carboxylic acids is 1. The van der Waals surface area contributed by atoms with Gasteiger partial charge < -0.3 is 10.4 Å². The van der Waals surface area contributed by atoms with Crippen molar-refractivity contribution in [2.75, 3.05) is 5.32 Å². The second-order valence-electron chi connectivity index (χ2n) is 6.39.